The number of benzene rings is 1. The zero-order chi connectivity index (χ0) is 14.1. The van der Waals surface area contributed by atoms with Crippen molar-refractivity contribution in [2.75, 3.05) is 20.3 Å². The summed E-state index contributed by atoms with van der Waals surface area (Å²) in [6.45, 7) is 2.93. The Morgan fingerprint density at radius 3 is 2.58 bits per heavy atom. The van der Waals surface area contributed by atoms with E-state index in [9.17, 15) is 9.50 Å². The molecule has 4 heteroatoms. The Kier molecular flexibility index (Phi) is 7.63. The number of nitrogens with one attached hydrogen (secondary N) is 1. The van der Waals surface area contributed by atoms with Gasteiger partial charge in [-0.3, -0.25) is 0 Å². The van der Waals surface area contributed by atoms with E-state index in [1.54, 1.807) is 19.2 Å². The van der Waals surface area contributed by atoms with Gasteiger partial charge in [-0.2, -0.15) is 0 Å². The molecule has 0 heterocycles. The number of aliphatic hydroxyl groups is 1. The maximum Gasteiger partial charge on any atom is 0.123 e. The molecule has 0 fully saturated rings. The molecule has 2 atom stereocenters. The fourth-order valence-electron chi connectivity index (χ4n) is 2.02. The maximum absolute atomic E-state index is 12.9. The SMILES string of the molecule is CCCCC(NCC(O)COC)c1ccc(F)cc1. The van der Waals surface area contributed by atoms with Gasteiger partial charge < -0.3 is 15.2 Å². The zero-order valence-electron chi connectivity index (χ0n) is 11.7. The molecule has 19 heavy (non-hydrogen) atoms. The van der Waals surface area contributed by atoms with E-state index in [0.717, 1.165) is 24.8 Å². The molecule has 0 radical (unpaired) electrons. The summed E-state index contributed by atoms with van der Waals surface area (Å²) >= 11 is 0. The Bertz CT molecular complexity index is 343. The van der Waals surface area contributed by atoms with Crippen molar-refractivity contribution in [3.05, 3.63) is 35.6 Å². The summed E-state index contributed by atoms with van der Waals surface area (Å²) in [6.07, 6.45) is 2.66. The Balaban J connectivity index is 2.58. The van der Waals surface area contributed by atoms with Gasteiger partial charge in [0.2, 0.25) is 0 Å². The van der Waals surface area contributed by atoms with Crippen LogP contribution < -0.4 is 5.32 Å². The van der Waals surface area contributed by atoms with Gasteiger partial charge in [0.1, 0.15) is 5.82 Å². The van der Waals surface area contributed by atoms with Gasteiger partial charge >= 0.3 is 0 Å². The van der Waals surface area contributed by atoms with Gasteiger partial charge in [-0.05, 0) is 24.1 Å². The highest BCUT2D eigenvalue weighted by Crippen LogP contribution is 2.19. The van der Waals surface area contributed by atoms with Crippen molar-refractivity contribution in [3.8, 4) is 0 Å². The third-order valence-electron chi connectivity index (χ3n) is 3.08. The molecule has 0 aliphatic rings. The second-order valence-corrected chi connectivity index (χ2v) is 4.76. The maximum atomic E-state index is 12.9. The summed E-state index contributed by atoms with van der Waals surface area (Å²) in [7, 11) is 1.57. The Morgan fingerprint density at radius 1 is 1.32 bits per heavy atom. The molecule has 1 rings (SSSR count). The number of unbranched alkanes of at least 4 members (excludes halogenated alkanes) is 1. The second kappa shape index (κ2) is 9.02. The number of aliphatic hydroxyl groups excluding tert-OH is 1. The lowest BCUT2D eigenvalue weighted by molar-refractivity contribution is 0.0624. The van der Waals surface area contributed by atoms with Gasteiger partial charge in [-0.1, -0.05) is 31.9 Å². The predicted molar refractivity (Wildman–Crippen MR) is 74.6 cm³/mol. The van der Waals surface area contributed by atoms with E-state index in [-0.39, 0.29) is 11.9 Å². The Labute approximate surface area is 114 Å². The quantitative estimate of drug-likeness (QED) is 0.724. The summed E-state index contributed by atoms with van der Waals surface area (Å²) in [5, 5.41) is 13.0. The van der Waals surface area contributed by atoms with Crippen molar-refractivity contribution in [2.24, 2.45) is 0 Å². The molecule has 3 nitrogen and oxygen atoms in total. The summed E-state index contributed by atoms with van der Waals surface area (Å²) in [5.74, 6) is -0.225. The predicted octanol–water partition coefficient (Wildman–Crippen LogP) is 2.65. The van der Waals surface area contributed by atoms with Gasteiger partial charge in [-0.25, -0.2) is 4.39 Å². The van der Waals surface area contributed by atoms with Crippen LogP contribution in [-0.2, 0) is 4.74 Å². The summed E-state index contributed by atoms with van der Waals surface area (Å²) in [6, 6.07) is 6.69. The molecular weight excluding hydrogens is 245 g/mol. The molecule has 1 aromatic carbocycles. The van der Waals surface area contributed by atoms with Crippen LogP contribution in [0.1, 0.15) is 37.8 Å². The number of ether oxygens (including phenoxy) is 1. The summed E-state index contributed by atoms with van der Waals surface area (Å²) < 4.78 is 17.8. The molecule has 0 aromatic heterocycles. The number of halogens is 1. The molecule has 1 aromatic rings. The lowest BCUT2D eigenvalue weighted by atomic mass is 10.0. The number of methoxy groups -OCH3 is 1. The van der Waals surface area contributed by atoms with E-state index < -0.39 is 6.10 Å². The monoisotopic (exact) mass is 269 g/mol. The molecule has 0 bridgehead atoms. The third kappa shape index (κ3) is 6.14. The first kappa shape index (κ1) is 16.1. The minimum absolute atomic E-state index is 0.145. The highest BCUT2D eigenvalue weighted by molar-refractivity contribution is 5.19. The smallest absolute Gasteiger partial charge is 0.123 e. The molecule has 0 saturated heterocycles. The van der Waals surface area contributed by atoms with E-state index in [1.165, 1.54) is 12.1 Å². The number of hydrogen-bond acceptors (Lipinski definition) is 3. The molecule has 0 spiro atoms. The fourth-order valence-corrected chi connectivity index (χ4v) is 2.02. The average Bonchev–Trinajstić information content (AvgIpc) is 2.40. The van der Waals surface area contributed by atoms with Crippen molar-refractivity contribution >= 4 is 0 Å². The second-order valence-electron chi connectivity index (χ2n) is 4.76. The summed E-state index contributed by atoms with van der Waals surface area (Å²) in [5.41, 5.74) is 1.06. The highest BCUT2D eigenvalue weighted by Gasteiger charge is 2.12. The number of rotatable bonds is 9. The lowest BCUT2D eigenvalue weighted by Gasteiger charge is -2.21. The molecule has 2 unspecified atom stereocenters. The zero-order valence-corrected chi connectivity index (χ0v) is 11.7. The average molecular weight is 269 g/mol. The van der Waals surface area contributed by atoms with Crippen molar-refractivity contribution in [3.63, 3.8) is 0 Å². The van der Waals surface area contributed by atoms with Crippen molar-refractivity contribution in [1.82, 2.24) is 5.32 Å². The van der Waals surface area contributed by atoms with E-state index >= 15 is 0 Å². The minimum atomic E-state index is -0.519. The van der Waals surface area contributed by atoms with Crippen LogP contribution in [0, 0.1) is 5.82 Å². The van der Waals surface area contributed by atoms with Gasteiger partial charge in [0.15, 0.2) is 0 Å². The van der Waals surface area contributed by atoms with Crippen molar-refractivity contribution < 1.29 is 14.2 Å². The van der Waals surface area contributed by atoms with Crippen LogP contribution in [-0.4, -0.2) is 31.5 Å². The molecular formula is C15H24FNO2. The van der Waals surface area contributed by atoms with Crippen LogP contribution in [0.25, 0.3) is 0 Å². The van der Waals surface area contributed by atoms with Crippen LogP contribution in [0.15, 0.2) is 24.3 Å². The van der Waals surface area contributed by atoms with E-state index in [4.69, 9.17) is 4.74 Å². The Morgan fingerprint density at radius 2 is 2.00 bits per heavy atom. The van der Waals surface area contributed by atoms with Crippen LogP contribution in [0.4, 0.5) is 4.39 Å². The fraction of sp³-hybridized carbons (Fsp3) is 0.600. The first-order chi connectivity index (χ1) is 9.17. The van der Waals surface area contributed by atoms with Crippen LogP contribution in [0.5, 0.6) is 0 Å². The number of hydrogen-bond donors (Lipinski definition) is 2. The van der Waals surface area contributed by atoms with Gasteiger partial charge in [0.25, 0.3) is 0 Å². The largest absolute Gasteiger partial charge is 0.389 e. The van der Waals surface area contributed by atoms with E-state index in [1.807, 2.05) is 0 Å². The van der Waals surface area contributed by atoms with E-state index in [0.29, 0.717) is 13.2 Å². The van der Waals surface area contributed by atoms with Crippen molar-refractivity contribution in [2.45, 2.75) is 38.3 Å². The van der Waals surface area contributed by atoms with Gasteiger partial charge in [-0.15, -0.1) is 0 Å². The molecule has 0 aliphatic heterocycles. The Hall–Kier alpha value is -0.970. The van der Waals surface area contributed by atoms with Gasteiger partial charge in [0.05, 0.1) is 12.7 Å². The van der Waals surface area contributed by atoms with Gasteiger partial charge in [0, 0.05) is 19.7 Å². The molecule has 2 N–H and O–H groups in total. The van der Waals surface area contributed by atoms with Crippen molar-refractivity contribution in [1.29, 1.82) is 0 Å². The molecule has 108 valence electrons. The lowest BCUT2D eigenvalue weighted by Crippen LogP contribution is -2.33. The first-order valence-electron chi connectivity index (χ1n) is 6.83. The minimum Gasteiger partial charge on any atom is -0.389 e. The normalized spacial score (nSPS) is 14.3. The molecule has 0 amide bonds. The molecule has 0 saturated carbocycles. The standard InChI is InChI=1S/C15H24FNO2/c1-3-4-5-15(17-10-14(18)11-19-2)12-6-8-13(16)9-7-12/h6-9,14-15,17-18H,3-5,10-11H2,1-2H3. The highest BCUT2D eigenvalue weighted by atomic mass is 19.1. The van der Waals surface area contributed by atoms with E-state index in [2.05, 4.69) is 12.2 Å². The van der Waals surface area contributed by atoms with Crippen LogP contribution >= 0.6 is 0 Å². The van der Waals surface area contributed by atoms with Crippen LogP contribution in [0.3, 0.4) is 0 Å². The first-order valence-corrected chi connectivity index (χ1v) is 6.83. The molecule has 0 aliphatic carbocycles. The third-order valence-corrected chi connectivity index (χ3v) is 3.08. The topological polar surface area (TPSA) is 41.5 Å². The van der Waals surface area contributed by atoms with Crippen LogP contribution in [0.2, 0.25) is 0 Å². The summed E-state index contributed by atoms with van der Waals surface area (Å²) in [4.78, 5) is 0.